The Kier molecular flexibility index (Phi) is 14.2. The number of amides is 3. The molecule has 2 aromatic carbocycles. The topological polar surface area (TPSA) is 185 Å². The Hall–Kier alpha value is -5.53. The number of carbonyl (C=O) groups is 3. The second kappa shape index (κ2) is 19.2. The Morgan fingerprint density at radius 3 is 1.98 bits per heavy atom. The first-order chi connectivity index (χ1) is 26.6. The van der Waals surface area contributed by atoms with Crippen molar-refractivity contribution in [2.45, 2.75) is 70.0 Å². The number of aromatic amines is 2. The van der Waals surface area contributed by atoms with Crippen molar-refractivity contribution >= 4 is 17.9 Å². The van der Waals surface area contributed by atoms with Crippen LogP contribution < -0.4 is 16.0 Å². The average molecular weight is 755 g/mol. The number of rotatable bonds is 15. The van der Waals surface area contributed by atoms with Crippen molar-refractivity contribution in [3.8, 4) is 34.4 Å². The molecule has 1 aliphatic rings. The van der Waals surface area contributed by atoms with Crippen LogP contribution >= 0.6 is 0 Å². The van der Waals surface area contributed by atoms with Crippen LogP contribution in [0.3, 0.4) is 0 Å². The Balaban J connectivity index is 1.19. The van der Waals surface area contributed by atoms with Crippen molar-refractivity contribution in [3.05, 3.63) is 83.7 Å². The van der Waals surface area contributed by atoms with Crippen LogP contribution in [-0.4, -0.2) is 109 Å². The van der Waals surface area contributed by atoms with E-state index in [-0.39, 0.29) is 24.8 Å². The van der Waals surface area contributed by atoms with Crippen molar-refractivity contribution in [1.82, 2.24) is 40.8 Å². The molecule has 1 fully saturated rings. The summed E-state index contributed by atoms with van der Waals surface area (Å²) in [5, 5.41) is 8.51. The van der Waals surface area contributed by atoms with Gasteiger partial charge in [0.25, 0.3) is 0 Å². The molecule has 0 aliphatic carbocycles. The number of aromatic nitrogens is 4. The van der Waals surface area contributed by atoms with Gasteiger partial charge in [-0.3, -0.25) is 14.9 Å². The third-order valence-electron chi connectivity index (χ3n) is 9.69. The van der Waals surface area contributed by atoms with Crippen molar-refractivity contribution < 1.29 is 33.3 Å². The number of carbonyl (C=O) groups excluding carboxylic acids is 3. The lowest BCUT2D eigenvalue weighted by molar-refractivity contribution is -0.138. The van der Waals surface area contributed by atoms with Crippen molar-refractivity contribution in [1.29, 1.82) is 0 Å². The van der Waals surface area contributed by atoms with E-state index in [9.17, 15) is 14.4 Å². The number of hydrogen-bond donors (Lipinski definition) is 5. The molecule has 3 heterocycles. The van der Waals surface area contributed by atoms with Gasteiger partial charge in [0.1, 0.15) is 23.7 Å². The summed E-state index contributed by atoms with van der Waals surface area (Å²) in [6.07, 6.45) is 3.58. The third-order valence-corrected chi connectivity index (χ3v) is 9.69. The monoisotopic (exact) mass is 754 g/mol. The highest BCUT2D eigenvalue weighted by molar-refractivity contribution is 5.86. The van der Waals surface area contributed by atoms with E-state index in [1.165, 1.54) is 14.2 Å². The fourth-order valence-electron chi connectivity index (χ4n) is 6.31. The molecule has 6 atom stereocenters. The van der Waals surface area contributed by atoms with Crippen LogP contribution in [0.1, 0.15) is 68.5 Å². The first kappa shape index (κ1) is 40.7. The SMILES string of the molecule is COCNC(C(=O)N1CCCC1c1ncc(-c2ccc(C#Cc3ccc(-c4cnc(C(C)NC(=O)C(NC(=O)OC)C(C)OC)[nH]4)cc3)cc2)[nH]1)C(C)OC. The van der Waals surface area contributed by atoms with Gasteiger partial charge in [-0.15, -0.1) is 0 Å². The van der Waals surface area contributed by atoms with Gasteiger partial charge in [-0.05, 0) is 69.0 Å². The minimum atomic E-state index is -0.952. The molecule has 1 saturated heterocycles. The highest BCUT2D eigenvalue weighted by Gasteiger charge is 2.37. The standard InChI is InChI=1S/C40H50N8O7/c1-24(44-38(49)34(25(2)53-5)47-40(51)55-7)36-41-21-31(45-36)29-16-12-27(13-17-29)10-11-28-14-18-30(19-15-28)32-22-42-37(46-32)33-9-8-20-48(33)39(50)35(26(3)54-6)43-23-52-4/h12-19,21-22,24-26,33-35,43H,8-9,20,23H2,1-7H3,(H,41,45)(H,42,46)(H,44,49)(H,47,51). The third kappa shape index (κ3) is 10.2. The maximum Gasteiger partial charge on any atom is 0.407 e. The number of nitrogens with zero attached hydrogens (tertiary/aromatic N) is 3. The van der Waals surface area contributed by atoms with E-state index in [0.29, 0.717) is 12.4 Å². The molecule has 0 saturated carbocycles. The number of ether oxygens (including phenoxy) is 4. The van der Waals surface area contributed by atoms with Gasteiger partial charge in [-0.25, -0.2) is 14.8 Å². The highest BCUT2D eigenvalue weighted by Crippen LogP contribution is 2.32. The van der Waals surface area contributed by atoms with Crippen LogP contribution in [0.2, 0.25) is 0 Å². The van der Waals surface area contributed by atoms with Crippen molar-refractivity contribution in [2.75, 3.05) is 41.7 Å². The zero-order valence-electron chi connectivity index (χ0n) is 32.3. The van der Waals surface area contributed by atoms with E-state index >= 15 is 0 Å². The van der Waals surface area contributed by atoms with Gasteiger partial charge < -0.3 is 44.4 Å². The minimum absolute atomic E-state index is 0.0348. The minimum Gasteiger partial charge on any atom is -0.453 e. The van der Waals surface area contributed by atoms with Gasteiger partial charge in [0, 0.05) is 39.0 Å². The molecule has 6 unspecified atom stereocenters. The summed E-state index contributed by atoms with van der Waals surface area (Å²) < 4.78 is 20.5. The highest BCUT2D eigenvalue weighted by atomic mass is 16.5. The number of likely N-dealkylation sites (tertiary alicyclic amines) is 1. The van der Waals surface area contributed by atoms with E-state index in [1.54, 1.807) is 40.5 Å². The van der Waals surface area contributed by atoms with Gasteiger partial charge >= 0.3 is 6.09 Å². The number of alkyl carbamates (subject to hydrolysis) is 1. The fraction of sp³-hybridized carbons (Fsp3) is 0.425. The molecule has 15 heteroatoms. The summed E-state index contributed by atoms with van der Waals surface area (Å²) in [6.45, 7) is 6.24. The Morgan fingerprint density at radius 2 is 1.40 bits per heavy atom. The van der Waals surface area contributed by atoms with Crippen LogP contribution in [-0.2, 0) is 28.5 Å². The quantitative estimate of drug-likeness (QED) is 0.0876. The zero-order valence-corrected chi connectivity index (χ0v) is 32.3. The lowest BCUT2D eigenvalue weighted by atomic mass is 10.1. The predicted molar refractivity (Wildman–Crippen MR) is 205 cm³/mol. The molecule has 0 radical (unpaired) electrons. The van der Waals surface area contributed by atoms with Gasteiger partial charge in [0.05, 0.1) is 61.9 Å². The number of nitrogens with one attached hydrogen (secondary N) is 5. The normalized spacial score (nSPS) is 16.6. The molecule has 5 rings (SSSR count). The summed E-state index contributed by atoms with van der Waals surface area (Å²) in [4.78, 5) is 56.0. The smallest absolute Gasteiger partial charge is 0.407 e. The lowest BCUT2D eigenvalue weighted by Gasteiger charge is -2.30. The molecule has 0 spiro atoms. The molecule has 5 N–H and O–H groups in total. The molecule has 0 bridgehead atoms. The molecule has 1 aliphatic heterocycles. The van der Waals surface area contributed by atoms with E-state index in [2.05, 4.69) is 52.5 Å². The molecule has 3 amide bonds. The van der Waals surface area contributed by atoms with Crippen LogP contribution in [0, 0.1) is 11.8 Å². The first-order valence-electron chi connectivity index (χ1n) is 18.1. The maximum absolute atomic E-state index is 13.6. The van der Waals surface area contributed by atoms with E-state index < -0.39 is 36.2 Å². The van der Waals surface area contributed by atoms with Crippen molar-refractivity contribution in [3.63, 3.8) is 0 Å². The van der Waals surface area contributed by atoms with Crippen molar-refractivity contribution in [2.24, 2.45) is 0 Å². The largest absolute Gasteiger partial charge is 0.453 e. The van der Waals surface area contributed by atoms with Crippen LogP contribution in [0.25, 0.3) is 22.5 Å². The Bertz CT molecular complexity index is 1950. The fourth-order valence-corrected chi connectivity index (χ4v) is 6.31. The summed E-state index contributed by atoms with van der Waals surface area (Å²) in [6, 6.07) is 13.6. The zero-order chi connectivity index (χ0) is 39.5. The molecule has 2 aromatic heterocycles. The molecule has 55 heavy (non-hydrogen) atoms. The second-order valence-electron chi connectivity index (χ2n) is 13.3. The van der Waals surface area contributed by atoms with Gasteiger partial charge in [0.15, 0.2) is 0 Å². The molecule has 15 nitrogen and oxygen atoms in total. The number of methoxy groups -OCH3 is 4. The van der Waals surface area contributed by atoms with Gasteiger partial charge in [-0.2, -0.15) is 0 Å². The number of imidazole rings is 2. The van der Waals surface area contributed by atoms with E-state index in [4.69, 9.17) is 14.2 Å². The number of H-pyrrole nitrogens is 2. The molecule has 292 valence electrons. The van der Waals surface area contributed by atoms with E-state index in [0.717, 1.165) is 52.3 Å². The predicted octanol–water partition coefficient (Wildman–Crippen LogP) is 4.06. The van der Waals surface area contributed by atoms with E-state index in [1.807, 2.05) is 60.4 Å². The van der Waals surface area contributed by atoms with Crippen LogP contribution in [0.4, 0.5) is 4.79 Å². The number of hydrogen-bond acceptors (Lipinski definition) is 10. The average Bonchev–Trinajstić information content (AvgIpc) is 4.01. The summed E-state index contributed by atoms with van der Waals surface area (Å²) in [5.74, 6) is 7.30. The van der Waals surface area contributed by atoms with Gasteiger partial charge in [-0.1, -0.05) is 36.1 Å². The molecular weight excluding hydrogens is 704 g/mol. The van der Waals surface area contributed by atoms with Crippen LogP contribution in [0.15, 0.2) is 60.9 Å². The second-order valence-corrected chi connectivity index (χ2v) is 13.3. The molecule has 4 aromatic rings. The Morgan fingerprint density at radius 1 is 0.818 bits per heavy atom. The molecular formula is C40H50N8O7. The summed E-state index contributed by atoms with van der Waals surface area (Å²) >= 11 is 0. The maximum atomic E-state index is 13.6. The Labute approximate surface area is 321 Å². The van der Waals surface area contributed by atoms with Crippen LogP contribution in [0.5, 0.6) is 0 Å². The number of benzene rings is 2. The first-order valence-corrected chi connectivity index (χ1v) is 18.1. The van der Waals surface area contributed by atoms with Gasteiger partial charge in [0.2, 0.25) is 11.8 Å². The lowest BCUT2D eigenvalue weighted by Crippen LogP contribution is -2.53. The summed E-state index contributed by atoms with van der Waals surface area (Å²) in [7, 11) is 5.86. The summed E-state index contributed by atoms with van der Waals surface area (Å²) in [5.41, 5.74) is 5.22.